The number of benzene rings is 2. The molecular weight excluding hydrogens is 302 g/mol. The molecule has 1 unspecified atom stereocenters. The summed E-state index contributed by atoms with van der Waals surface area (Å²) in [5, 5.41) is 3.02. The van der Waals surface area contributed by atoms with E-state index in [2.05, 4.69) is 34.2 Å². The van der Waals surface area contributed by atoms with Crippen LogP contribution in [0, 0.1) is 6.92 Å². The van der Waals surface area contributed by atoms with Gasteiger partial charge in [0.1, 0.15) is 0 Å². The molecule has 98 valence electrons. The van der Waals surface area contributed by atoms with Gasteiger partial charge >= 0.3 is 0 Å². The zero-order chi connectivity index (χ0) is 13.8. The third kappa shape index (κ3) is 3.44. The third-order valence-corrected chi connectivity index (χ3v) is 3.64. The van der Waals surface area contributed by atoms with Crippen molar-refractivity contribution in [2.45, 2.75) is 19.9 Å². The first kappa shape index (κ1) is 13.8. The van der Waals surface area contributed by atoms with Crippen molar-refractivity contribution >= 4 is 21.8 Å². The first-order valence-corrected chi connectivity index (χ1v) is 6.99. The zero-order valence-electron chi connectivity index (χ0n) is 11.0. The van der Waals surface area contributed by atoms with Crippen LogP contribution < -0.4 is 5.32 Å². The van der Waals surface area contributed by atoms with Gasteiger partial charge in [-0.25, -0.2) is 0 Å². The standard InChI is InChI=1S/C16H16BrNO/c1-11-5-3-4-6-15(11)12(2)18-16(19)13-7-9-14(17)10-8-13/h3-10,12H,1-2H3,(H,18,19). The largest absolute Gasteiger partial charge is 0.346 e. The van der Waals surface area contributed by atoms with E-state index < -0.39 is 0 Å². The van der Waals surface area contributed by atoms with Crippen LogP contribution in [-0.2, 0) is 0 Å². The summed E-state index contributed by atoms with van der Waals surface area (Å²) in [6.07, 6.45) is 0. The van der Waals surface area contributed by atoms with Crippen LogP contribution in [0.3, 0.4) is 0 Å². The Morgan fingerprint density at radius 3 is 2.37 bits per heavy atom. The average molecular weight is 318 g/mol. The highest BCUT2D eigenvalue weighted by Crippen LogP contribution is 2.17. The summed E-state index contributed by atoms with van der Waals surface area (Å²) < 4.78 is 0.969. The van der Waals surface area contributed by atoms with E-state index in [4.69, 9.17) is 0 Å². The smallest absolute Gasteiger partial charge is 0.251 e. The number of hydrogen-bond acceptors (Lipinski definition) is 1. The fourth-order valence-electron chi connectivity index (χ4n) is 2.03. The second kappa shape index (κ2) is 6.02. The minimum Gasteiger partial charge on any atom is -0.346 e. The van der Waals surface area contributed by atoms with Crippen LogP contribution in [-0.4, -0.2) is 5.91 Å². The Labute approximate surface area is 122 Å². The van der Waals surface area contributed by atoms with Crippen LogP contribution in [0.1, 0.15) is 34.5 Å². The molecular formula is C16H16BrNO. The van der Waals surface area contributed by atoms with E-state index >= 15 is 0 Å². The van der Waals surface area contributed by atoms with E-state index in [1.807, 2.05) is 49.4 Å². The molecule has 2 nitrogen and oxygen atoms in total. The van der Waals surface area contributed by atoms with Gasteiger partial charge in [-0.2, -0.15) is 0 Å². The number of carbonyl (C=O) groups excluding carboxylic acids is 1. The first-order valence-electron chi connectivity index (χ1n) is 6.20. The van der Waals surface area contributed by atoms with E-state index in [1.54, 1.807) is 0 Å². The Bertz CT molecular complexity index is 578. The van der Waals surface area contributed by atoms with Crippen molar-refractivity contribution in [2.75, 3.05) is 0 Å². The molecule has 0 heterocycles. The topological polar surface area (TPSA) is 29.1 Å². The van der Waals surface area contributed by atoms with Crippen molar-refractivity contribution in [3.8, 4) is 0 Å². The molecule has 1 N–H and O–H groups in total. The minimum atomic E-state index is -0.0525. The highest BCUT2D eigenvalue weighted by Gasteiger charge is 2.12. The molecule has 1 atom stereocenters. The molecule has 0 bridgehead atoms. The molecule has 0 saturated heterocycles. The fourth-order valence-corrected chi connectivity index (χ4v) is 2.30. The molecule has 0 spiro atoms. The average Bonchev–Trinajstić information content (AvgIpc) is 2.39. The molecule has 2 aromatic carbocycles. The summed E-state index contributed by atoms with van der Waals surface area (Å²) in [5.74, 6) is -0.0525. The van der Waals surface area contributed by atoms with Crippen LogP contribution in [0.4, 0.5) is 0 Å². The molecule has 0 aliphatic carbocycles. The number of amides is 1. The number of aryl methyl sites for hydroxylation is 1. The van der Waals surface area contributed by atoms with Gasteiger partial charge in [-0.15, -0.1) is 0 Å². The Morgan fingerprint density at radius 2 is 1.74 bits per heavy atom. The molecule has 0 fully saturated rings. The molecule has 0 aliphatic heterocycles. The molecule has 2 aromatic rings. The van der Waals surface area contributed by atoms with Crippen LogP contribution in [0.25, 0.3) is 0 Å². The predicted octanol–water partition coefficient (Wildman–Crippen LogP) is 4.25. The predicted molar refractivity (Wildman–Crippen MR) is 81.2 cm³/mol. The molecule has 0 radical (unpaired) electrons. The Kier molecular flexibility index (Phi) is 4.38. The van der Waals surface area contributed by atoms with E-state index in [-0.39, 0.29) is 11.9 Å². The van der Waals surface area contributed by atoms with Crippen LogP contribution in [0.2, 0.25) is 0 Å². The van der Waals surface area contributed by atoms with Gasteiger partial charge in [0.2, 0.25) is 0 Å². The van der Waals surface area contributed by atoms with E-state index in [9.17, 15) is 4.79 Å². The van der Waals surface area contributed by atoms with Crippen molar-refractivity contribution in [3.63, 3.8) is 0 Å². The maximum absolute atomic E-state index is 12.1. The SMILES string of the molecule is Cc1ccccc1C(C)NC(=O)c1ccc(Br)cc1. The molecule has 0 aromatic heterocycles. The van der Waals surface area contributed by atoms with Crippen molar-refractivity contribution in [3.05, 3.63) is 69.7 Å². The summed E-state index contributed by atoms with van der Waals surface area (Å²) in [4.78, 5) is 12.1. The number of hydrogen-bond donors (Lipinski definition) is 1. The quantitative estimate of drug-likeness (QED) is 0.901. The van der Waals surface area contributed by atoms with Gasteiger partial charge in [0.15, 0.2) is 0 Å². The zero-order valence-corrected chi connectivity index (χ0v) is 12.6. The monoisotopic (exact) mass is 317 g/mol. The maximum atomic E-state index is 12.1. The number of halogens is 1. The number of carbonyl (C=O) groups is 1. The molecule has 0 aliphatic rings. The summed E-state index contributed by atoms with van der Waals surface area (Å²) in [6, 6.07) is 15.4. The summed E-state index contributed by atoms with van der Waals surface area (Å²) in [7, 11) is 0. The summed E-state index contributed by atoms with van der Waals surface area (Å²) in [5.41, 5.74) is 3.00. The lowest BCUT2D eigenvalue weighted by molar-refractivity contribution is 0.0940. The van der Waals surface area contributed by atoms with Crippen molar-refractivity contribution in [1.29, 1.82) is 0 Å². The molecule has 0 saturated carbocycles. The van der Waals surface area contributed by atoms with Gasteiger partial charge in [0, 0.05) is 10.0 Å². The second-order valence-corrected chi connectivity index (χ2v) is 5.47. The first-order chi connectivity index (χ1) is 9.08. The second-order valence-electron chi connectivity index (χ2n) is 4.56. The molecule has 1 amide bonds. The van der Waals surface area contributed by atoms with Gasteiger partial charge in [-0.3, -0.25) is 4.79 Å². The number of rotatable bonds is 3. The molecule has 19 heavy (non-hydrogen) atoms. The highest BCUT2D eigenvalue weighted by atomic mass is 79.9. The van der Waals surface area contributed by atoms with Crippen molar-refractivity contribution < 1.29 is 4.79 Å². The van der Waals surface area contributed by atoms with Crippen LogP contribution in [0.5, 0.6) is 0 Å². The van der Waals surface area contributed by atoms with Crippen molar-refractivity contribution in [2.24, 2.45) is 0 Å². The summed E-state index contributed by atoms with van der Waals surface area (Å²) >= 11 is 3.36. The van der Waals surface area contributed by atoms with E-state index in [0.717, 1.165) is 10.0 Å². The normalized spacial score (nSPS) is 11.9. The maximum Gasteiger partial charge on any atom is 0.251 e. The Balaban J connectivity index is 2.11. The van der Waals surface area contributed by atoms with E-state index in [0.29, 0.717) is 5.56 Å². The van der Waals surface area contributed by atoms with Crippen LogP contribution in [0.15, 0.2) is 53.0 Å². The van der Waals surface area contributed by atoms with Gasteiger partial charge in [-0.1, -0.05) is 40.2 Å². The highest BCUT2D eigenvalue weighted by molar-refractivity contribution is 9.10. The van der Waals surface area contributed by atoms with Gasteiger partial charge in [0.05, 0.1) is 6.04 Å². The molecule has 3 heteroatoms. The Hall–Kier alpha value is -1.61. The lowest BCUT2D eigenvalue weighted by Crippen LogP contribution is -2.27. The van der Waals surface area contributed by atoms with Gasteiger partial charge < -0.3 is 5.32 Å². The lowest BCUT2D eigenvalue weighted by Gasteiger charge is -2.16. The molecule has 2 rings (SSSR count). The minimum absolute atomic E-state index is 0.00246. The van der Waals surface area contributed by atoms with Crippen LogP contribution >= 0.6 is 15.9 Å². The lowest BCUT2D eigenvalue weighted by atomic mass is 10.0. The van der Waals surface area contributed by atoms with Gasteiger partial charge in [-0.05, 0) is 49.2 Å². The Morgan fingerprint density at radius 1 is 1.11 bits per heavy atom. The van der Waals surface area contributed by atoms with E-state index in [1.165, 1.54) is 5.56 Å². The summed E-state index contributed by atoms with van der Waals surface area (Å²) in [6.45, 7) is 4.05. The fraction of sp³-hybridized carbons (Fsp3) is 0.188. The van der Waals surface area contributed by atoms with Gasteiger partial charge in [0.25, 0.3) is 5.91 Å². The third-order valence-electron chi connectivity index (χ3n) is 3.11. The van der Waals surface area contributed by atoms with Crippen molar-refractivity contribution in [1.82, 2.24) is 5.32 Å². The number of nitrogens with one attached hydrogen (secondary N) is 1.